The summed E-state index contributed by atoms with van der Waals surface area (Å²) in [6.45, 7) is 16.9. The highest BCUT2D eigenvalue weighted by Crippen LogP contribution is 2.31. The fraction of sp³-hybridized carbons (Fsp3) is 0.400. The number of hydrogen-bond donors (Lipinski definition) is 0. The number of para-hydroxylation sites is 1. The zero-order valence-corrected chi connectivity index (χ0v) is 24.1. The molecule has 38 heavy (non-hydrogen) atoms. The molecule has 0 N–H and O–H groups in total. The van der Waals surface area contributed by atoms with Crippen LogP contribution in [0.3, 0.4) is 0 Å². The van der Waals surface area contributed by atoms with Gasteiger partial charge in [0.1, 0.15) is 5.82 Å². The number of piperazine rings is 2. The van der Waals surface area contributed by atoms with Crippen LogP contribution in [0.1, 0.15) is 35.3 Å². The standard InChI is InChI=1S/C30H37Cl2N5O/c1-5-28(33-20-22(2)3)36-16-18-37(19-17-36)30(38)24-10-11-26(31)25(29(24)32)21-34-12-14-35(15-13-34)27-9-7-6-8-23(27)4/h5-11,20H,2,12-19,21H2,1,3-4H3/b28-5?,33-20-. The van der Waals surface area contributed by atoms with Gasteiger partial charge in [-0.25, -0.2) is 4.99 Å². The molecule has 1 amide bonds. The maximum atomic E-state index is 13.5. The summed E-state index contributed by atoms with van der Waals surface area (Å²) in [7, 11) is 0. The van der Waals surface area contributed by atoms with Crippen LogP contribution in [0.2, 0.25) is 10.0 Å². The van der Waals surface area contributed by atoms with Crippen LogP contribution in [0.25, 0.3) is 0 Å². The monoisotopic (exact) mass is 553 g/mol. The summed E-state index contributed by atoms with van der Waals surface area (Å²) in [6.07, 6.45) is 3.75. The summed E-state index contributed by atoms with van der Waals surface area (Å²) in [5, 5.41) is 1.07. The molecule has 4 rings (SSSR count). The zero-order chi connectivity index (χ0) is 27.2. The molecule has 2 aliphatic heterocycles. The lowest BCUT2D eigenvalue weighted by molar-refractivity contribution is 0.0668. The van der Waals surface area contributed by atoms with E-state index in [4.69, 9.17) is 23.2 Å². The second-order valence-electron chi connectivity index (χ2n) is 9.97. The Balaban J connectivity index is 1.39. The largest absolute Gasteiger partial charge is 0.369 e. The van der Waals surface area contributed by atoms with Gasteiger partial charge in [0, 0.05) is 81.4 Å². The highest BCUT2D eigenvalue weighted by atomic mass is 35.5. The van der Waals surface area contributed by atoms with Gasteiger partial charge in [-0.1, -0.05) is 48.0 Å². The highest BCUT2D eigenvalue weighted by Gasteiger charge is 2.27. The molecule has 0 unspecified atom stereocenters. The molecule has 0 radical (unpaired) electrons. The number of allylic oxidation sites excluding steroid dienone is 2. The molecule has 0 aromatic heterocycles. The van der Waals surface area contributed by atoms with Gasteiger partial charge >= 0.3 is 0 Å². The number of anilines is 1. The van der Waals surface area contributed by atoms with Crippen LogP contribution in [0, 0.1) is 6.92 Å². The summed E-state index contributed by atoms with van der Waals surface area (Å²) >= 11 is 13.4. The SMILES string of the molecule is C=C(C)/C=N\C(=CC)N1CCN(C(=O)c2ccc(Cl)c(CN3CCN(c4ccccc4C)CC3)c2Cl)CC1. The average molecular weight is 555 g/mol. The van der Waals surface area contributed by atoms with E-state index < -0.39 is 0 Å². The van der Waals surface area contributed by atoms with Crippen molar-refractivity contribution in [1.82, 2.24) is 14.7 Å². The minimum atomic E-state index is -0.0515. The van der Waals surface area contributed by atoms with E-state index in [1.807, 2.05) is 24.8 Å². The first kappa shape index (κ1) is 28.2. The fourth-order valence-electron chi connectivity index (χ4n) is 5.02. The summed E-state index contributed by atoms with van der Waals surface area (Å²) in [5.74, 6) is 0.846. The van der Waals surface area contributed by atoms with E-state index in [0.29, 0.717) is 48.3 Å². The Morgan fingerprint density at radius 1 is 0.974 bits per heavy atom. The summed E-state index contributed by atoms with van der Waals surface area (Å²) in [4.78, 5) is 26.8. The number of carbonyl (C=O) groups is 1. The van der Waals surface area contributed by atoms with Crippen molar-refractivity contribution in [2.45, 2.75) is 27.3 Å². The van der Waals surface area contributed by atoms with E-state index in [1.165, 1.54) is 11.3 Å². The van der Waals surface area contributed by atoms with E-state index in [2.05, 4.69) is 57.5 Å². The molecular weight excluding hydrogens is 517 g/mol. The maximum Gasteiger partial charge on any atom is 0.255 e. The Labute approximate surface area is 236 Å². The van der Waals surface area contributed by atoms with Crippen molar-refractivity contribution in [2.24, 2.45) is 4.99 Å². The topological polar surface area (TPSA) is 42.4 Å². The Kier molecular flexibility index (Phi) is 9.53. The lowest BCUT2D eigenvalue weighted by Gasteiger charge is -2.37. The number of hydrogen-bond acceptors (Lipinski definition) is 5. The number of halogens is 2. The van der Waals surface area contributed by atoms with Gasteiger partial charge in [0.25, 0.3) is 5.91 Å². The number of amides is 1. The van der Waals surface area contributed by atoms with Crippen molar-refractivity contribution in [1.29, 1.82) is 0 Å². The summed E-state index contributed by atoms with van der Waals surface area (Å²) in [5.41, 5.74) is 4.83. The van der Waals surface area contributed by atoms with Crippen molar-refractivity contribution in [3.05, 3.63) is 87.2 Å². The van der Waals surface area contributed by atoms with E-state index >= 15 is 0 Å². The number of benzene rings is 2. The molecule has 2 aliphatic rings. The molecule has 2 aromatic rings. The average Bonchev–Trinajstić information content (AvgIpc) is 2.92. The molecule has 0 atom stereocenters. The molecule has 0 bridgehead atoms. The van der Waals surface area contributed by atoms with Crippen LogP contribution in [-0.2, 0) is 6.54 Å². The molecule has 8 heteroatoms. The lowest BCUT2D eigenvalue weighted by Crippen LogP contribution is -2.48. The molecule has 202 valence electrons. The Morgan fingerprint density at radius 2 is 1.63 bits per heavy atom. The van der Waals surface area contributed by atoms with Gasteiger partial charge in [-0.3, -0.25) is 9.69 Å². The smallest absolute Gasteiger partial charge is 0.255 e. The van der Waals surface area contributed by atoms with Crippen LogP contribution in [0.4, 0.5) is 5.69 Å². The number of rotatable bonds is 7. The molecule has 2 saturated heterocycles. The number of aryl methyl sites for hydroxylation is 1. The Bertz CT molecular complexity index is 1230. The van der Waals surface area contributed by atoms with E-state index in [-0.39, 0.29) is 5.91 Å². The van der Waals surface area contributed by atoms with Crippen LogP contribution in [-0.4, -0.2) is 79.2 Å². The van der Waals surface area contributed by atoms with E-state index in [0.717, 1.165) is 43.1 Å². The van der Waals surface area contributed by atoms with Crippen LogP contribution < -0.4 is 4.90 Å². The molecular formula is C30H37Cl2N5O. The minimum absolute atomic E-state index is 0.0515. The zero-order valence-electron chi connectivity index (χ0n) is 22.6. The molecule has 6 nitrogen and oxygen atoms in total. The second-order valence-corrected chi connectivity index (χ2v) is 10.8. The third-order valence-electron chi connectivity index (χ3n) is 7.19. The third kappa shape index (κ3) is 6.60. The molecule has 0 saturated carbocycles. The fourth-order valence-corrected chi connectivity index (χ4v) is 5.59. The van der Waals surface area contributed by atoms with Gasteiger partial charge in [-0.15, -0.1) is 0 Å². The van der Waals surface area contributed by atoms with Crippen molar-refractivity contribution in [3.8, 4) is 0 Å². The van der Waals surface area contributed by atoms with Gasteiger partial charge < -0.3 is 14.7 Å². The first-order chi connectivity index (χ1) is 18.3. The molecule has 0 spiro atoms. The Morgan fingerprint density at radius 3 is 2.26 bits per heavy atom. The van der Waals surface area contributed by atoms with Gasteiger partial charge in [0.2, 0.25) is 0 Å². The lowest BCUT2D eigenvalue weighted by atomic mass is 10.1. The maximum absolute atomic E-state index is 13.5. The predicted octanol–water partition coefficient (Wildman–Crippen LogP) is 5.89. The van der Waals surface area contributed by atoms with Gasteiger partial charge in [0.05, 0.1) is 10.6 Å². The number of nitrogens with zero attached hydrogens (tertiary/aromatic N) is 5. The molecule has 2 fully saturated rings. The van der Waals surface area contributed by atoms with E-state index in [1.54, 1.807) is 18.3 Å². The predicted molar refractivity (Wildman–Crippen MR) is 160 cm³/mol. The summed E-state index contributed by atoms with van der Waals surface area (Å²) in [6, 6.07) is 12.1. The van der Waals surface area contributed by atoms with Crippen LogP contribution in [0.5, 0.6) is 0 Å². The third-order valence-corrected chi connectivity index (χ3v) is 7.98. The van der Waals surface area contributed by atoms with Gasteiger partial charge in [-0.05, 0) is 56.2 Å². The number of carbonyl (C=O) groups excluding carboxylic acids is 1. The quantitative estimate of drug-likeness (QED) is 0.401. The minimum Gasteiger partial charge on any atom is -0.369 e. The second kappa shape index (κ2) is 12.8. The van der Waals surface area contributed by atoms with Crippen LogP contribution >= 0.6 is 23.2 Å². The van der Waals surface area contributed by atoms with Crippen molar-refractivity contribution >= 4 is 41.0 Å². The van der Waals surface area contributed by atoms with Crippen molar-refractivity contribution in [3.63, 3.8) is 0 Å². The van der Waals surface area contributed by atoms with Crippen molar-refractivity contribution < 1.29 is 4.79 Å². The van der Waals surface area contributed by atoms with Crippen LogP contribution in [0.15, 0.2) is 65.4 Å². The highest BCUT2D eigenvalue weighted by molar-refractivity contribution is 6.38. The Hall–Kier alpha value is -2.80. The summed E-state index contributed by atoms with van der Waals surface area (Å²) < 4.78 is 0. The van der Waals surface area contributed by atoms with Gasteiger partial charge in [0.15, 0.2) is 0 Å². The van der Waals surface area contributed by atoms with Gasteiger partial charge in [-0.2, -0.15) is 0 Å². The first-order valence-corrected chi connectivity index (χ1v) is 13.9. The molecule has 2 aromatic carbocycles. The normalized spacial score (nSPS) is 17.4. The molecule has 0 aliphatic carbocycles. The van der Waals surface area contributed by atoms with E-state index in [9.17, 15) is 4.79 Å². The molecule has 2 heterocycles. The number of aliphatic imine (C=N–C) groups is 1. The van der Waals surface area contributed by atoms with Crippen molar-refractivity contribution in [2.75, 3.05) is 57.3 Å². The first-order valence-electron chi connectivity index (χ1n) is 13.2.